The number of anilines is 1. The smallest absolute Gasteiger partial charge is 0.147 e. The van der Waals surface area contributed by atoms with E-state index in [9.17, 15) is 0 Å². The molecule has 1 aliphatic rings. The molecule has 0 aromatic carbocycles. The minimum Gasteiger partial charge on any atom is -0.355 e. The van der Waals surface area contributed by atoms with Crippen LogP contribution in [0.5, 0.6) is 0 Å². The number of nitrogens with zero attached hydrogens (tertiary/aromatic N) is 2. The summed E-state index contributed by atoms with van der Waals surface area (Å²) in [6, 6.07) is 2.51. The van der Waals surface area contributed by atoms with Crippen LogP contribution in [0.15, 0.2) is 12.3 Å². The van der Waals surface area contributed by atoms with Gasteiger partial charge in [-0.3, -0.25) is 0 Å². The van der Waals surface area contributed by atoms with Crippen molar-refractivity contribution in [3.05, 3.63) is 22.8 Å². The molecule has 0 radical (unpaired) electrons. The summed E-state index contributed by atoms with van der Waals surface area (Å²) in [6.45, 7) is 0. The van der Waals surface area contributed by atoms with Gasteiger partial charge in [0.15, 0.2) is 0 Å². The van der Waals surface area contributed by atoms with Crippen LogP contribution in [0.4, 0.5) is 5.82 Å². The van der Waals surface area contributed by atoms with Gasteiger partial charge >= 0.3 is 0 Å². The first kappa shape index (κ1) is 10.1. The molecular weight excluding hydrogens is 219 g/mol. The molecule has 0 bridgehead atoms. The van der Waals surface area contributed by atoms with Crippen LogP contribution < -0.4 is 4.90 Å². The molecule has 14 heavy (non-hydrogen) atoms. The Labute approximate surface area is 93.8 Å². The number of alkyl halides is 1. The summed E-state index contributed by atoms with van der Waals surface area (Å²) < 4.78 is 0. The average Bonchev–Trinajstić information content (AvgIpc) is 3.00. The van der Waals surface area contributed by atoms with Crippen LogP contribution in [0.2, 0.25) is 5.02 Å². The Morgan fingerprint density at radius 1 is 1.57 bits per heavy atom. The van der Waals surface area contributed by atoms with Crippen LogP contribution in [-0.2, 0) is 5.88 Å². The maximum absolute atomic E-state index is 6.11. The second-order valence-electron chi connectivity index (χ2n) is 3.62. The molecule has 4 heteroatoms. The van der Waals surface area contributed by atoms with Crippen LogP contribution in [0.3, 0.4) is 0 Å². The van der Waals surface area contributed by atoms with Crippen LogP contribution >= 0.6 is 23.2 Å². The van der Waals surface area contributed by atoms with Crippen LogP contribution in [0, 0.1) is 0 Å². The van der Waals surface area contributed by atoms with Crippen molar-refractivity contribution in [2.24, 2.45) is 0 Å². The number of halogens is 2. The van der Waals surface area contributed by atoms with E-state index in [-0.39, 0.29) is 0 Å². The van der Waals surface area contributed by atoms with Crippen molar-refractivity contribution in [3.63, 3.8) is 0 Å². The van der Waals surface area contributed by atoms with Crippen molar-refractivity contribution in [2.75, 3.05) is 11.9 Å². The van der Waals surface area contributed by atoms with E-state index in [1.54, 1.807) is 6.20 Å². The molecule has 0 unspecified atom stereocenters. The van der Waals surface area contributed by atoms with Gasteiger partial charge in [0.25, 0.3) is 0 Å². The number of rotatable bonds is 3. The van der Waals surface area contributed by atoms with E-state index in [0.29, 0.717) is 16.9 Å². The Kier molecular flexibility index (Phi) is 2.84. The molecule has 0 saturated heterocycles. The van der Waals surface area contributed by atoms with E-state index in [1.807, 2.05) is 13.1 Å². The molecule has 2 rings (SSSR count). The number of aromatic nitrogens is 1. The lowest BCUT2D eigenvalue weighted by Crippen LogP contribution is -2.21. The highest BCUT2D eigenvalue weighted by Crippen LogP contribution is 2.33. The van der Waals surface area contributed by atoms with Crippen LogP contribution in [-0.4, -0.2) is 18.1 Å². The van der Waals surface area contributed by atoms with Crippen molar-refractivity contribution in [3.8, 4) is 0 Å². The van der Waals surface area contributed by atoms with Gasteiger partial charge in [-0.15, -0.1) is 11.6 Å². The molecule has 0 atom stereocenters. The summed E-state index contributed by atoms with van der Waals surface area (Å²) in [5.74, 6) is 1.32. The predicted octanol–water partition coefficient (Wildman–Crippen LogP) is 3.07. The topological polar surface area (TPSA) is 16.1 Å². The van der Waals surface area contributed by atoms with E-state index in [1.165, 1.54) is 12.8 Å². The zero-order valence-corrected chi connectivity index (χ0v) is 9.52. The third-order valence-corrected chi connectivity index (χ3v) is 3.05. The van der Waals surface area contributed by atoms with Crippen molar-refractivity contribution < 1.29 is 0 Å². The van der Waals surface area contributed by atoms with Crippen molar-refractivity contribution in [2.45, 2.75) is 24.8 Å². The predicted molar refractivity (Wildman–Crippen MR) is 60.2 cm³/mol. The molecule has 1 fully saturated rings. The number of pyridine rings is 1. The standard InChI is InChI=1S/C10H12Cl2N2/c1-14(8-2-3-8)10-9(12)4-7(5-11)6-13-10/h4,6,8H,2-3,5H2,1H3. The Hall–Kier alpha value is -0.470. The van der Waals surface area contributed by atoms with Gasteiger partial charge in [-0.2, -0.15) is 0 Å². The van der Waals surface area contributed by atoms with Gasteiger partial charge in [0.2, 0.25) is 0 Å². The van der Waals surface area contributed by atoms with Crippen molar-refractivity contribution in [1.82, 2.24) is 4.98 Å². The normalized spacial score (nSPS) is 15.6. The van der Waals surface area contributed by atoms with Gasteiger partial charge in [0.1, 0.15) is 5.82 Å². The summed E-state index contributed by atoms with van der Waals surface area (Å²) in [5.41, 5.74) is 0.963. The Balaban J connectivity index is 2.24. The van der Waals surface area contributed by atoms with Crippen LogP contribution in [0.25, 0.3) is 0 Å². The monoisotopic (exact) mass is 230 g/mol. The van der Waals surface area contributed by atoms with Crippen LogP contribution in [0.1, 0.15) is 18.4 Å². The lowest BCUT2D eigenvalue weighted by Gasteiger charge is -2.18. The molecule has 1 heterocycles. The van der Waals surface area contributed by atoms with E-state index < -0.39 is 0 Å². The second kappa shape index (κ2) is 3.95. The largest absolute Gasteiger partial charge is 0.355 e. The molecule has 1 aliphatic carbocycles. The first-order valence-electron chi connectivity index (χ1n) is 4.65. The molecule has 76 valence electrons. The number of hydrogen-bond acceptors (Lipinski definition) is 2. The molecule has 0 N–H and O–H groups in total. The molecule has 0 amide bonds. The minimum atomic E-state index is 0.458. The van der Waals surface area contributed by atoms with Gasteiger partial charge in [-0.1, -0.05) is 11.6 Å². The Morgan fingerprint density at radius 3 is 2.79 bits per heavy atom. The molecule has 1 saturated carbocycles. The van der Waals surface area contributed by atoms with E-state index in [2.05, 4.69) is 9.88 Å². The van der Waals surface area contributed by atoms with Gasteiger partial charge < -0.3 is 4.90 Å². The van der Waals surface area contributed by atoms with E-state index in [4.69, 9.17) is 23.2 Å². The summed E-state index contributed by atoms with van der Waals surface area (Å²) in [7, 11) is 2.03. The van der Waals surface area contributed by atoms with Gasteiger partial charge in [-0.25, -0.2) is 4.98 Å². The highest BCUT2D eigenvalue weighted by Gasteiger charge is 2.28. The fraction of sp³-hybridized carbons (Fsp3) is 0.500. The summed E-state index contributed by atoms with van der Waals surface area (Å²) in [4.78, 5) is 6.46. The third kappa shape index (κ3) is 1.96. The highest BCUT2D eigenvalue weighted by atomic mass is 35.5. The fourth-order valence-corrected chi connectivity index (χ4v) is 1.91. The van der Waals surface area contributed by atoms with E-state index >= 15 is 0 Å². The zero-order valence-electron chi connectivity index (χ0n) is 8.00. The van der Waals surface area contributed by atoms with Gasteiger partial charge in [0, 0.05) is 25.2 Å². The van der Waals surface area contributed by atoms with Crippen molar-refractivity contribution >= 4 is 29.0 Å². The average molecular weight is 231 g/mol. The molecule has 1 aromatic rings. The van der Waals surface area contributed by atoms with Gasteiger partial charge in [-0.05, 0) is 24.5 Å². The minimum absolute atomic E-state index is 0.458. The van der Waals surface area contributed by atoms with Crippen molar-refractivity contribution in [1.29, 1.82) is 0 Å². The molecular formula is C10H12Cl2N2. The maximum atomic E-state index is 6.11. The lowest BCUT2D eigenvalue weighted by molar-refractivity contribution is 0.891. The maximum Gasteiger partial charge on any atom is 0.147 e. The molecule has 0 spiro atoms. The number of hydrogen-bond donors (Lipinski definition) is 0. The SMILES string of the molecule is CN(c1ncc(CCl)cc1Cl)C1CC1. The molecule has 0 aliphatic heterocycles. The first-order valence-corrected chi connectivity index (χ1v) is 5.57. The summed E-state index contributed by atoms with van der Waals surface area (Å²) >= 11 is 11.8. The highest BCUT2D eigenvalue weighted by molar-refractivity contribution is 6.33. The van der Waals surface area contributed by atoms with Gasteiger partial charge in [0.05, 0.1) is 5.02 Å². The summed E-state index contributed by atoms with van der Waals surface area (Å²) in [6.07, 6.45) is 4.27. The molecule has 2 nitrogen and oxygen atoms in total. The lowest BCUT2D eigenvalue weighted by atomic mass is 10.3. The Morgan fingerprint density at radius 2 is 2.29 bits per heavy atom. The quantitative estimate of drug-likeness (QED) is 0.743. The first-order chi connectivity index (χ1) is 6.72. The fourth-order valence-electron chi connectivity index (χ4n) is 1.44. The molecule has 1 aromatic heterocycles. The summed E-state index contributed by atoms with van der Waals surface area (Å²) in [5, 5.41) is 0.692. The third-order valence-electron chi connectivity index (χ3n) is 2.46. The second-order valence-corrected chi connectivity index (χ2v) is 4.30. The zero-order chi connectivity index (χ0) is 10.1. The Bertz CT molecular complexity index is 337. The van der Waals surface area contributed by atoms with E-state index in [0.717, 1.165) is 11.4 Å².